The van der Waals surface area contributed by atoms with Crippen LogP contribution in [0.5, 0.6) is 0 Å². The van der Waals surface area contributed by atoms with E-state index < -0.39 is 0 Å². The standard InChI is InChI=1S/C21H21N3O2.CH4O/c1-2-26-15-19-18-13-14-23(16-9-5-3-6-10-16)21(25)20(18)24(22-19)17-11-7-4-8-12-17;1-2/h3-12H,2,13-15H2,1H3;2H,1H3. The number of nitrogens with zero attached hydrogens (tertiary/aromatic N) is 3. The van der Waals surface area contributed by atoms with Crippen molar-refractivity contribution in [3.63, 3.8) is 0 Å². The van der Waals surface area contributed by atoms with Crippen molar-refractivity contribution in [2.75, 3.05) is 25.2 Å². The lowest BCUT2D eigenvalue weighted by Gasteiger charge is -2.27. The summed E-state index contributed by atoms with van der Waals surface area (Å²) in [6, 6.07) is 19.6. The highest BCUT2D eigenvalue weighted by Crippen LogP contribution is 2.28. The number of ether oxygens (including phenoxy) is 1. The molecular formula is C22H25N3O3. The predicted octanol–water partition coefficient (Wildman–Crippen LogP) is 3.22. The summed E-state index contributed by atoms with van der Waals surface area (Å²) in [6.45, 7) is 3.66. The fourth-order valence-corrected chi connectivity index (χ4v) is 3.36. The van der Waals surface area contributed by atoms with E-state index >= 15 is 0 Å². The van der Waals surface area contributed by atoms with Gasteiger partial charge >= 0.3 is 0 Å². The van der Waals surface area contributed by atoms with E-state index in [1.807, 2.05) is 72.5 Å². The number of aliphatic hydroxyl groups is 1. The molecule has 0 spiro atoms. The second-order valence-electron chi connectivity index (χ2n) is 6.20. The number of aliphatic hydroxyl groups excluding tert-OH is 1. The Bertz CT molecular complexity index is 908. The number of carbonyl (C=O) groups is 1. The summed E-state index contributed by atoms with van der Waals surface area (Å²) in [6.07, 6.45) is 0.769. The van der Waals surface area contributed by atoms with Crippen molar-refractivity contribution in [1.29, 1.82) is 0 Å². The molecule has 0 unspecified atom stereocenters. The van der Waals surface area contributed by atoms with E-state index in [0.29, 0.717) is 25.5 Å². The molecule has 4 rings (SSSR count). The van der Waals surface area contributed by atoms with Gasteiger partial charge in [-0.05, 0) is 37.6 Å². The highest BCUT2D eigenvalue weighted by atomic mass is 16.5. The third-order valence-corrected chi connectivity index (χ3v) is 4.61. The lowest BCUT2D eigenvalue weighted by atomic mass is 10.0. The monoisotopic (exact) mass is 379 g/mol. The minimum atomic E-state index is -0.0171. The van der Waals surface area contributed by atoms with Crippen molar-refractivity contribution >= 4 is 11.6 Å². The van der Waals surface area contributed by atoms with E-state index in [1.165, 1.54) is 0 Å². The topological polar surface area (TPSA) is 67.6 Å². The maximum absolute atomic E-state index is 13.3. The molecular weight excluding hydrogens is 354 g/mol. The number of hydrogen-bond donors (Lipinski definition) is 1. The lowest BCUT2D eigenvalue weighted by molar-refractivity contribution is 0.0973. The van der Waals surface area contributed by atoms with Crippen LogP contribution in [0.25, 0.3) is 5.69 Å². The average Bonchev–Trinajstić information content (AvgIpc) is 3.15. The van der Waals surface area contributed by atoms with Crippen LogP contribution in [0.1, 0.15) is 28.7 Å². The molecule has 0 bridgehead atoms. The molecule has 0 saturated carbocycles. The number of fused-ring (bicyclic) bond motifs is 1. The molecule has 1 aromatic heterocycles. The van der Waals surface area contributed by atoms with Gasteiger partial charge in [0, 0.05) is 31.5 Å². The fraction of sp³-hybridized carbons (Fsp3) is 0.273. The van der Waals surface area contributed by atoms with Crippen LogP contribution >= 0.6 is 0 Å². The van der Waals surface area contributed by atoms with Crippen molar-refractivity contribution in [3.8, 4) is 5.69 Å². The van der Waals surface area contributed by atoms with Crippen molar-refractivity contribution in [3.05, 3.63) is 77.6 Å². The van der Waals surface area contributed by atoms with Crippen LogP contribution in [-0.2, 0) is 17.8 Å². The molecule has 1 amide bonds. The number of amides is 1. The molecule has 0 radical (unpaired) electrons. The molecule has 3 aromatic rings. The van der Waals surface area contributed by atoms with Crippen LogP contribution in [0, 0.1) is 0 Å². The highest BCUT2D eigenvalue weighted by molar-refractivity contribution is 6.07. The smallest absolute Gasteiger partial charge is 0.277 e. The second kappa shape index (κ2) is 9.30. The Kier molecular flexibility index (Phi) is 6.57. The third kappa shape index (κ3) is 3.83. The molecule has 6 nitrogen and oxygen atoms in total. The Balaban J connectivity index is 0.00000109. The van der Waals surface area contributed by atoms with E-state index in [1.54, 1.807) is 4.68 Å². The predicted molar refractivity (Wildman–Crippen MR) is 109 cm³/mol. The van der Waals surface area contributed by atoms with Gasteiger partial charge in [-0.15, -0.1) is 0 Å². The number of aromatic nitrogens is 2. The van der Waals surface area contributed by atoms with Gasteiger partial charge in [-0.2, -0.15) is 5.10 Å². The van der Waals surface area contributed by atoms with E-state index in [9.17, 15) is 4.79 Å². The van der Waals surface area contributed by atoms with Gasteiger partial charge in [0.15, 0.2) is 0 Å². The molecule has 1 aliphatic rings. The summed E-state index contributed by atoms with van der Waals surface area (Å²) < 4.78 is 7.35. The largest absolute Gasteiger partial charge is 0.400 e. The summed E-state index contributed by atoms with van der Waals surface area (Å²) in [5.41, 5.74) is 4.29. The third-order valence-electron chi connectivity index (χ3n) is 4.61. The van der Waals surface area contributed by atoms with Gasteiger partial charge in [-0.1, -0.05) is 36.4 Å². The zero-order valence-electron chi connectivity index (χ0n) is 16.2. The molecule has 2 heterocycles. The normalized spacial score (nSPS) is 13.0. The number of hydrogen-bond acceptors (Lipinski definition) is 4. The van der Waals surface area contributed by atoms with Gasteiger partial charge in [-0.3, -0.25) is 4.79 Å². The van der Waals surface area contributed by atoms with Gasteiger partial charge < -0.3 is 14.7 Å². The highest BCUT2D eigenvalue weighted by Gasteiger charge is 2.32. The van der Waals surface area contributed by atoms with E-state index in [-0.39, 0.29) is 5.91 Å². The van der Waals surface area contributed by atoms with Crippen molar-refractivity contribution < 1.29 is 14.6 Å². The molecule has 1 N–H and O–H groups in total. The molecule has 0 fully saturated rings. The molecule has 2 aromatic carbocycles. The van der Waals surface area contributed by atoms with Crippen LogP contribution in [0.15, 0.2) is 60.7 Å². The summed E-state index contributed by atoms with van der Waals surface area (Å²) >= 11 is 0. The second-order valence-corrected chi connectivity index (χ2v) is 6.20. The molecule has 1 aliphatic heterocycles. The van der Waals surface area contributed by atoms with Gasteiger partial charge in [0.1, 0.15) is 5.69 Å². The first-order valence-corrected chi connectivity index (χ1v) is 9.35. The molecule has 28 heavy (non-hydrogen) atoms. The van der Waals surface area contributed by atoms with Gasteiger partial charge in [0.05, 0.1) is 18.0 Å². The minimum absolute atomic E-state index is 0.0171. The number of carbonyl (C=O) groups excluding carboxylic acids is 1. The maximum atomic E-state index is 13.3. The van der Waals surface area contributed by atoms with Crippen molar-refractivity contribution in [2.24, 2.45) is 0 Å². The first-order chi connectivity index (χ1) is 13.8. The Morgan fingerprint density at radius 1 is 1.00 bits per heavy atom. The van der Waals surface area contributed by atoms with E-state index in [4.69, 9.17) is 14.9 Å². The summed E-state index contributed by atoms with van der Waals surface area (Å²) in [4.78, 5) is 15.2. The number of rotatable bonds is 5. The average molecular weight is 379 g/mol. The maximum Gasteiger partial charge on any atom is 0.277 e. The molecule has 0 aliphatic carbocycles. The van der Waals surface area contributed by atoms with Crippen LogP contribution in [-0.4, -0.2) is 41.1 Å². The quantitative estimate of drug-likeness (QED) is 0.739. The first-order valence-electron chi connectivity index (χ1n) is 9.35. The van der Waals surface area contributed by atoms with Gasteiger partial charge in [-0.25, -0.2) is 4.68 Å². The number of benzene rings is 2. The fourth-order valence-electron chi connectivity index (χ4n) is 3.36. The zero-order valence-corrected chi connectivity index (χ0v) is 16.2. The minimum Gasteiger partial charge on any atom is -0.400 e. The van der Waals surface area contributed by atoms with E-state index in [0.717, 1.165) is 36.2 Å². The van der Waals surface area contributed by atoms with Gasteiger partial charge in [0.2, 0.25) is 0 Å². The number of anilines is 1. The van der Waals surface area contributed by atoms with Crippen LogP contribution in [0.3, 0.4) is 0 Å². The molecule has 0 saturated heterocycles. The first kappa shape index (κ1) is 19.8. The SMILES string of the molecule is CCOCc1nn(-c2ccccc2)c2c1CCN(c1ccccc1)C2=O.CO. The van der Waals surface area contributed by atoms with Gasteiger partial charge in [0.25, 0.3) is 5.91 Å². The Morgan fingerprint density at radius 2 is 1.61 bits per heavy atom. The summed E-state index contributed by atoms with van der Waals surface area (Å²) in [5, 5.41) is 11.7. The Morgan fingerprint density at radius 3 is 2.21 bits per heavy atom. The van der Waals surface area contributed by atoms with Crippen molar-refractivity contribution in [2.45, 2.75) is 20.0 Å². The summed E-state index contributed by atoms with van der Waals surface area (Å²) in [7, 11) is 1.00. The summed E-state index contributed by atoms with van der Waals surface area (Å²) in [5.74, 6) is -0.0171. The van der Waals surface area contributed by atoms with Crippen molar-refractivity contribution in [1.82, 2.24) is 9.78 Å². The van der Waals surface area contributed by atoms with Crippen LogP contribution < -0.4 is 4.90 Å². The van der Waals surface area contributed by atoms with Crippen LogP contribution in [0.2, 0.25) is 0 Å². The molecule has 0 atom stereocenters. The number of para-hydroxylation sites is 2. The van der Waals surface area contributed by atoms with Crippen LogP contribution in [0.4, 0.5) is 5.69 Å². The zero-order chi connectivity index (χ0) is 19.9. The van der Waals surface area contributed by atoms with E-state index in [2.05, 4.69) is 0 Å². The Labute approximate surface area is 165 Å². The molecule has 6 heteroatoms. The lowest BCUT2D eigenvalue weighted by Crippen LogP contribution is -2.38. The molecule has 146 valence electrons. The Hall–Kier alpha value is -2.96.